The lowest BCUT2D eigenvalue weighted by atomic mass is 9.81. The van der Waals surface area contributed by atoms with Crippen molar-refractivity contribution in [1.82, 2.24) is 0 Å². The SMILES string of the molecule is [2H]C(C)(C)c1ccc(-c2c(C)ccc3c2-c2ccccc2C3(C)C)[n+](C)c1. The first kappa shape index (κ1) is 15.8. The number of hydrogen-bond acceptors (Lipinski definition) is 0. The monoisotopic (exact) mass is 343 g/mol. The van der Waals surface area contributed by atoms with Crippen molar-refractivity contribution in [2.45, 2.75) is 45.9 Å². The molecule has 2 aromatic carbocycles. The summed E-state index contributed by atoms with van der Waals surface area (Å²) in [6.45, 7) is 10.7. The number of aryl methyl sites for hydroxylation is 2. The molecule has 0 spiro atoms. The van der Waals surface area contributed by atoms with Gasteiger partial charge in [-0.2, -0.15) is 0 Å². The predicted molar refractivity (Wildman–Crippen MR) is 109 cm³/mol. The minimum Gasteiger partial charge on any atom is -0.201 e. The van der Waals surface area contributed by atoms with Crippen molar-refractivity contribution in [3.63, 3.8) is 0 Å². The van der Waals surface area contributed by atoms with E-state index in [9.17, 15) is 0 Å². The summed E-state index contributed by atoms with van der Waals surface area (Å²) in [6.07, 6.45) is 2.10. The number of hydrogen-bond donors (Lipinski definition) is 0. The highest BCUT2D eigenvalue weighted by molar-refractivity contribution is 5.92. The molecule has 1 heterocycles. The van der Waals surface area contributed by atoms with Crippen LogP contribution in [0.25, 0.3) is 22.4 Å². The molecule has 1 aromatic heterocycles. The molecule has 3 aromatic rings. The van der Waals surface area contributed by atoms with Crippen LogP contribution in [0.15, 0.2) is 54.7 Å². The molecule has 0 radical (unpaired) electrons. The van der Waals surface area contributed by atoms with Crippen LogP contribution in [0.5, 0.6) is 0 Å². The van der Waals surface area contributed by atoms with E-state index in [-0.39, 0.29) is 5.41 Å². The standard InChI is InChI=1S/C25H28N/c1-16(2)18-12-14-22(26(6)15-18)23-17(3)11-13-21-24(23)19-9-7-8-10-20(19)25(21,4)5/h7-16H,1-6H3/q+1/i16D. The highest BCUT2D eigenvalue weighted by Crippen LogP contribution is 2.52. The van der Waals surface area contributed by atoms with Crippen LogP contribution in [0.2, 0.25) is 0 Å². The van der Waals surface area contributed by atoms with Crippen LogP contribution in [0.1, 0.15) is 57.2 Å². The van der Waals surface area contributed by atoms with Gasteiger partial charge in [0.15, 0.2) is 6.20 Å². The van der Waals surface area contributed by atoms with Gasteiger partial charge in [-0.25, -0.2) is 4.57 Å². The van der Waals surface area contributed by atoms with E-state index in [2.05, 4.69) is 87.1 Å². The lowest BCUT2D eigenvalue weighted by Gasteiger charge is -2.22. The fourth-order valence-corrected chi connectivity index (χ4v) is 4.39. The van der Waals surface area contributed by atoms with Gasteiger partial charge in [0, 0.05) is 24.0 Å². The molecule has 132 valence electrons. The Labute approximate surface area is 158 Å². The molecule has 0 N–H and O–H groups in total. The molecule has 1 nitrogen and oxygen atoms in total. The maximum Gasteiger partial charge on any atom is 0.213 e. The van der Waals surface area contributed by atoms with Crippen LogP contribution < -0.4 is 4.57 Å². The van der Waals surface area contributed by atoms with Gasteiger partial charge in [0.05, 0.1) is 5.56 Å². The number of pyridine rings is 1. The molecule has 0 saturated heterocycles. The zero-order valence-corrected chi connectivity index (χ0v) is 16.6. The summed E-state index contributed by atoms with van der Waals surface area (Å²) in [5.41, 5.74) is 10.3. The van der Waals surface area contributed by atoms with Crippen LogP contribution in [0.3, 0.4) is 0 Å². The van der Waals surface area contributed by atoms with Gasteiger partial charge in [0.1, 0.15) is 7.05 Å². The molecule has 0 unspecified atom stereocenters. The average Bonchev–Trinajstić information content (AvgIpc) is 2.83. The maximum atomic E-state index is 8.34. The Hall–Kier alpha value is -2.41. The molecule has 26 heavy (non-hydrogen) atoms. The Kier molecular flexibility index (Phi) is 3.53. The van der Waals surface area contributed by atoms with E-state index in [4.69, 9.17) is 1.37 Å². The van der Waals surface area contributed by atoms with Crippen LogP contribution in [0, 0.1) is 6.92 Å². The highest BCUT2D eigenvalue weighted by atomic mass is 14.9. The average molecular weight is 344 g/mol. The van der Waals surface area contributed by atoms with Gasteiger partial charge in [-0.15, -0.1) is 0 Å². The van der Waals surface area contributed by atoms with Crippen molar-refractivity contribution in [3.8, 4) is 22.4 Å². The molecule has 0 saturated carbocycles. The first-order chi connectivity index (χ1) is 12.6. The highest BCUT2D eigenvalue weighted by Gasteiger charge is 2.38. The first-order valence-electron chi connectivity index (χ1n) is 9.87. The van der Waals surface area contributed by atoms with Gasteiger partial charge < -0.3 is 0 Å². The normalized spacial score (nSPS) is 15.4. The van der Waals surface area contributed by atoms with E-state index in [1.807, 2.05) is 13.8 Å². The smallest absolute Gasteiger partial charge is 0.201 e. The lowest BCUT2D eigenvalue weighted by molar-refractivity contribution is -0.660. The van der Waals surface area contributed by atoms with Gasteiger partial charge in [-0.05, 0) is 41.1 Å². The Morgan fingerprint density at radius 3 is 2.35 bits per heavy atom. The van der Waals surface area contributed by atoms with Gasteiger partial charge in [-0.1, -0.05) is 64.1 Å². The van der Waals surface area contributed by atoms with Crippen molar-refractivity contribution in [2.75, 3.05) is 0 Å². The quantitative estimate of drug-likeness (QED) is 0.509. The zero-order valence-electron chi connectivity index (χ0n) is 17.6. The van der Waals surface area contributed by atoms with Crippen LogP contribution in [0.4, 0.5) is 0 Å². The number of fused-ring (bicyclic) bond motifs is 3. The molecule has 0 atom stereocenters. The molecular formula is C25H28N+. The summed E-state index contributed by atoms with van der Waals surface area (Å²) in [7, 11) is 2.09. The minimum atomic E-state index is -0.599. The minimum absolute atomic E-state index is 0.00998. The second kappa shape index (κ2) is 5.81. The Morgan fingerprint density at radius 1 is 0.923 bits per heavy atom. The Bertz CT molecular complexity index is 1050. The number of rotatable bonds is 2. The van der Waals surface area contributed by atoms with E-state index in [0.29, 0.717) is 0 Å². The fourth-order valence-electron chi connectivity index (χ4n) is 4.39. The van der Waals surface area contributed by atoms with Crippen molar-refractivity contribution >= 4 is 0 Å². The Morgan fingerprint density at radius 2 is 1.65 bits per heavy atom. The fraction of sp³-hybridized carbons (Fsp3) is 0.320. The first-order valence-corrected chi connectivity index (χ1v) is 9.37. The third-order valence-corrected chi connectivity index (χ3v) is 5.92. The van der Waals surface area contributed by atoms with Gasteiger partial charge in [0.2, 0.25) is 5.69 Å². The van der Waals surface area contributed by atoms with E-state index in [0.717, 1.165) is 5.56 Å². The van der Waals surface area contributed by atoms with E-state index < -0.39 is 5.89 Å². The van der Waals surface area contributed by atoms with E-state index in [1.165, 1.54) is 39.1 Å². The van der Waals surface area contributed by atoms with E-state index >= 15 is 0 Å². The van der Waals surface area contributed by atoms with E-state index in [1.54, 1.807) is 0 Å². The molecule has 1 aliphatic rings. The van der Waals surface area contributed by atoms with Crippen molar-refractivity contribution in [1.29, 1.82) is 0 Å². The third kappa shape index (κ3) is 2.34. The largest absolute Gasteiger partial charge is 0.213 e. The number of aromatic nitrogens is 1. The second-order valence-electron chi connectivity index (χ2n) is 8.26. The molecule has 1 aliphatic carbocycles. The molecule has 1 heteroatoms. The number of nitrogens with zero attached hydrogens (tertiary/aromatic N) is 1. The molecular weight excluding hydrogens is 314 g/mol. The second-order valence-corrected chi connectivity index (χ2v) is 8.26. The Balaban J connectivity index is 2.03. The molecule has 0 amide bonds. The third-order valence-electron chi connectivity index (χ3n) is 5.92. The van der Waals surface area contributed by atoms with Crippen molar-refractivity contribution in [3.05, 3.63) is 77.0 Å². The zero-order chi connectivity index (χ0) is 19.6. The molecule has 0 aliphatic heterocycles. The number of benzene rings is 2. The van der Waals surface area contributed by atoms with Crippen LogP contribution in [-0.2, 0) is 12.5 Å². The predicted octanol–water partition coefficient (Wildman–Crippen LogP) is 5.92. The summed E-state index contributed by atoms with van der Waals surface area (Å²) in [5.74, 6) is -0.599. The van der Waals surface area contributed by atoms with Gasteiger partial charge in [0.25, 0.3) is 0 Å². The molecule has 0 fully saturated rings. The van der Waals surface area contributed by atoms with Crippen LogP contribution >= 0.6 is 0 Å². The summed E-state index contributed by atoms with van der Waals surface area (Å²) >= 11 is 0. The van der Waals surface area contributed by atoms with Gasteiger partial charge >= 0.3 is 0 Å². The molecule has 4 rings (SSSR count). The maximum absolute atomic E-state index is 8.34. The summed E-state index contributed by atoms with van der Waals surface area (Å²) in [5, 5.41) is 0. The summed E-state index contributed by atoms with van der Waals surface area (Å²) in [6, 6.07) is 17.6. The van der Waals surface area contributed by atoms with Crippen molar-refractivity contribution < 1.29 is 5.94 Å². The summed E-state index contributed by atoms with van der Waals surface area (Å²) < 4.78 is 10.5. The summed E-state index contributed by atoms with van der Waals surface area (Å²) in [4.78, 5) is 0. The van der Waals surface area contributed by atoms with Gasteiger partial charge in [-0.3, -0.25) is 0 Å². The van der Waals surface area contributed by atoms with Crippen LogP contribution in [-0.4, -0.2) is 0 Å². The topological polar surface area (TPSA) is 3.88 Å². The molecule has 0 bridgehead atoms. The van der Waals surface area contributed by atoms with Crippen molar-refractivity contribution in [2.24, 2.45) is 7.05 Å². The lowest BCUT2D eigenvalue weighted by Crippen LogP contribution is -2.31.